The summed E-state index contributed by atoms with van der Waals surface area (Å²) in [5.74, 6) is 0.980. The van der Waals surface area contributed by atoms with Crippen molar-refractivity contribution in [2.75, 3.05) is 25.2 Å². The highest BCUT2D eigenvalue weighted by Crippen LogP contribution is 2.18. The van der Waals surface area contributed by atoms with Crippen LogP contribution in [0.4, 0.5) is 5.82 Å². The van der Waals surface area contributed by atoms with Crippen LogP contribution < -0.4 is 10.6 Å². The summed E-state index contributed by atoms with van der Waals surface area (Å²) in [6.45, 7) is 2.21. The van der Waals surface area contributed by atoms with Gasteiger partial charge in [-0.25, -0.2) is 4.98 Å². The zero-order valence-electron chi connectivity index (χ0n) is 9.02. The highest BCUT2D eigenvalue weighted by molar-refractivity contribution is 5.41. The second kappa shape index (κ2) is 4.59. The Morgan fingerprint density at radius 1 is 1.67 bits per heavy atom. The lowest BCUT2D eigenvalue weighted by Crippen LogP contribution is -2.32. The topological polar surface area (TPSA) is 51.4 Å². The number of nitrogens with zero attached hydrogens (tertiary/aromatic N) is 2. The molecule has 1 aliphatic rings. The SMILES string of the molecule is CN(c1cc(CN)ccn1)C1CCOC1. The van der Waals surface area contributed by atoms with Crippen LogP contribution in [0, 0.1) is 0 Å². The molecule has 2 heterocycles. The molecule has 0 bridgehead atoms. The summed E-state index contributed by atoms with van der Waals surface area (Å²) in [4.78, 5) is 6.52. The fraction of sp³-hybridized carbons (Fsp3) is 0.545. The Morgan fingerprint density at radius 2 is 2.53 bits per heavy atom. The third-order valence-corrected chi connectivity index (χ3v) is 2.86. The van der Waals surface area contributed by atoms with Crippen molar-refractivity contribution in [3.63, 3.8) is 0 Å². The minimum atomic E-state index is 0.450. The average Bonchev–Trinajstić information content (AvgIpc) is 2.81. The first kappa shape index (κ1) is 10.4. The molecular formula is C11H17N3O. The number of aromatic nitrogens is 1. The maximum atomic E-state index is 5.60. The molecule has 4 heteroatoms. The first-order chi connectivity index (χ1) is 7.31. The summed E-state index contributed by atoms with van der Waals surface area (Å²) in [6.07, 6.45) is 2.88. The maximum absolute atomic E-state index is 5.60. The largest absolute Gasteiger partial charge is 0.379 e. The lowest BCUT2D eigenvalue weighted by molar-refractivity contribution is 0.193. The van der Waals surface area contributed by atoms with Crippen LogP contribution in [0.1, 0.15) is 12.0 Å². The van der Waals surface area contributed by atoms with Gasteiger partial charge in [0.25, 0.3) is 0 Å². The van der Waals surface area contributed by atoms with Crippen LogP contribution in [0.2, 0.25) is 0 Å². The molecule has 2 N–H and O–H groups in total. The molecule has 1 unspecified atom stereocenters. The first-order valence-corrected chi connectivity index (χ1v) is 5.27. The molecule has 0 radical (unpaired) electrons. The first-order valence-electron chi connectivity index (χ1n) is 5.27. The van der Waals surface area contributed by atoms with E-state index in [0.717, 1.165) is 31.0 Å². The Labute approximate surface area is 90.0 Å². The number of anilines is 1. The van der Waals surface area contributed by atoms with Gasteiger partial charge in [0.1, 0.15) is 5.82 Å². The van der Waals surface area contributed by atoms with Crippen LogP contribution in [-0.2, 0) is 11.3 Å². The summed E-state index contributed by atoms with van der Waals surface area (Å²) in [5.41, 5.74) is 6.72. The van der Waals surface area contributed by atoms with E-state index in [2.05, 4.69) is 16.9 Å². The highest BCUT2D eigenvalue weighted by atomic mass is 16.5. The lowest BCUT2D eigenvalue weighted by Gasteiger charge is -2.24. The second-order valence-electron chi connectivity index (χ2n) is 3.85. The van der Waals surface area contributed by atoms with E-state index >= 15 is 0 Å². The zero-order chi connectivity index (χ0) is 10.7. The normalized spacial score (nSPS) is 20.5. The Morgan fingerprint density at radius 3 is 3.20 bits per heavy atom. The van der Waals surface area contributed by atoms with Crippen LogP contribution in [0.25, 0.3) is 0 Å². The number of pyridine rings is 1. The summed E-state index contributed by atoms with van der Waals surface area (Å²) in [6, 6.07) is 4.44. The number of nitrogens with two attached hydrogens (primary N) is 1. The predicted molar refractivity (Wildman–Crippen MR) is 59.8 cm³/mol. The van der Waals surface area contributed by atoms with E-state index in [1.54, 1.807) is 0 Å². The molecule has 1 fully saturated rings. The molecule has 1 atom stereocenters. The molecule has 1 aromatic heterocycles. The highest BCUT2D eigenvalue weighted by Gasteiger charge is 2.21. The van der Waals surface area contributed by atoms with Gasteiger partial charge in [0.05, 0.1) is 12.6 Å². The van der Waals surface area contributed by atoms with Gasteiger partial charge in [0.15, 0.2) is 0 Å². The minimum Gasteiger partial charge on any atom is -0.379 e. The molecule has 0 amide bonds. The van der Waals surface area contributed by atoms with Crippen molar-refractivity contribution in [1.29, 1.82) is 0 Å². The van der Waals surface area contributed by atoms with Gasteiger partial charge in [0.2, 0.25) is 0 Å². The fourth-order valence-electron chi connectivity index (χ4n) is 1.80. The third-order valence-electron chi connectivity index (χ3n) is 2.86. The number of ether oxygens (including phenoxy) is 1. The van der Waals surface area contributed by atoms with Crippen LogP contribution >= 0.6 is 0 Å². The quantitative estimate of drug-likeness (QED) is 0.795. The lowest BCUT2D eigenvalue weighted by atomic mass is 10.2. The fourth-order valence-corrected chi connectivity index (χ4v) is 1.80. The summed E-state index contributed by atoms with van der Waals surface area (Å²) in [7, 11) is 2.06. The van der Waals surface area contributed by atoms with Crippen molar-refractivity contribution < 1.29 is 4.74 Å². The maximum Gasteiger partial charge on any atom is 0.128 e. The van der Waals surface area contributed by atoms with Gasteiger partial charge in [0, 0.05) is 26.4 Å². The van der Waals surface area contributed by atoms with Crippen LogP contribution in [-0.4, -0.2) is 31.3 Å². The Bertz CT molecular complexity index is 323. The molecule has 1 saturated heterocycles. The Balaban J connectivity index is 2.13. The molecule has 0 saturated carbocycles. The Hall–Kier alpha value is -1.13. The van der Waals surface area contributed by atoms with E-state index < -0.39 is 0 Å². The van der Waals surface area contributed by atoms with Crippen LogP contribution in [0.15, 0.2) is 18.3 Å². The second-order valence-corrected chi connectivity index (χ2v) is 3.85. The van der Waals surface area contributed by atoms with Gasteiger partial charge < -0.3 is 15.4 Å². The Kier molecular flexibility index (Phi) is 3.18. The smallest absolute Gasteiger partial charge is 0.128 e. The van der Waals surface area contributed by atoms with Crippen LogP contribution in [0.3, 0.4) is 0 Å². The van der Waals surface area contributed by atoms with Gasteiger partial charge in [-0.05, 0) is 24.1 Å². The monoisotopic (exact) mass is 207 g/mol. The van der Waals surface area contributed by atoms with Crippen molar-refractivity contribution in [2.24, 2.45) is 5.73 Å². The van der Waals surface area contributed by atoms with E-state index in [-0.39, 0.29) is 0 Å². The van der Waals surface area contributed by atoms with E-state index in [9.17, 15) is 0 Å². The summed E-state index contributed by atoms with van der Waals surface area (Å²) in [5, 5.41) is 0. The molecule has 0 spiro atoms. The van der Waals surface area contributed by atoms with E-state index in [0.29, 0.717) is 12.6 Å². The van der Waals surface area contributed by atoms with Crippen molar-refractivity contribution >= 4 is 5.82 Å². The van der Waals surface area contributed by atoms with Crippen molar-refractivity contribution in [1.82, 2.24) is 4.98 Å². The average molecular weight is 207 g/mol. The van der Waals surface area contributed by atoms with Crippen molar-refractivity contribution in [2.45, 2.75) is 19.0 Å². The molecule has 0 aromatic carbocycles. The third kappa shape index (κ3) is 2.27. The molecule has 2 rings (SSSR count). The predicted octanol–water partition coefficient (Wildman–Crippen LogP) is 0.765. The van der Waals surface area contributed by atoms with Gasteiger partial charge in [-0.2, -0.15) is 0 Å². The number of rotatable bonds is 3. The molecule has 0 aliphatic carbocycles. The van der Waals surface area contributed by atoms with Crippen molar-refractivity contribution in [3.8, 4) is 0 Å². The molecular weight excluding hydrogens is 190 g/mol. The minimum absolute atomic E-state index is 0.450. The molecule has 1 aliphatic heterocycles. The number of likely N-dealkylation sites (N-methyl/N-ethyl adjacent to an activating group) is 1. The molecule has 4 nitrogen and oxygen atoms in total. The van der Waals surface area contributed by atoms with Gasteiger partial charge >= 0.3 is 0 Å². The van der Waals surface area contributed by atoms with Gasteiger partial charge in [-0.3, -0.25) is 0 Å². The zero-order valence-corrected chi connectivity index (χ0v) is 9.02. The summed E-state index contributed by atoms with van der Waals surface area (Å²) < 4.78 is 5.36. The van der Waals surface area contributed by atoms with E-state index in [4.69, 9.17) is 10.5 Å². The van der Waals surface area contributed by atoms with E-state index in [1.807, 2.05) is 18.3 Å². The number of hydrogen-bond donors (Lipinski definition) is 1. The van der Waals surface area contributed by atoms with Crippen LogP contribution in [0.5, 0.6) is 0 Å². The van der Waals surface area contributed by atoms with Gasteiger partial charge in [-0.15, -0.1) is 0 Å². The standard InChI is InChI=1S/C11H17N3O/c1-14(10-3-5-15-8-10)11-6-9(7-12)2-4-13-11/h2,4,6,10H,3,5,7-8,12H2,1H3. The number of hydrogen-bond acceptors (Lipinski definition) is 4. The van der Waals surface area contributed by atoms with Crippen molar-refractivity contribution in [3.05, 3.63) is 23.9 Å². The molecule has 1 aromatic rings. The molecule has 82 valence electrons. The van der Waals surface area contributed by atoms with Gasteiger partial charge in [-0.1, -0.05) is 0 Å². The molecule has 15 heavy (non-hydrogen) atoms. The van der Waals surface area contributed by atoms with E-state index in [1.165, 1.54) is 0 Å². The summed E-state index contributed by atoms with van der Waals surface area (Å²) >= 11 is 0.